The fourth-order valence-corrected chi connectivity index (χ4v) is 3.42. The number of benzene rings is 3. The average Bonchev–Trinajstić information content (AvgIpc) is 2.76. The molecule has 3 N–H and O–H groups in total. The standard InChI is InChI=1S/C23H19N3O4/c27-21-3-1-2-19-22(21)20(14-25-23(19)28)17-8-4-15(5-9-17)12-24-13-16-6-10-18(11-7-16)26(29)30/h1-11,14,24,27H,12-13H2,(H,25,28). The van der Waals surface area contributed by atoms with Gasteiger partial charge in [-0.1, -0.05) is 42.5 Å². The lowest BCUT2D eigenvalue weighted by Crippen LogP contribution is -2.12. The number of rotatable bonds is 6. The maximum atomic E-state index is 12.0. The molecule has 0 spiro atoms. The minimum Gasteiger partial charge on any atom is -0.507 e. The largest absolute Gasteiger partial charge is 0.507 e. The van der Waals surface area contributed by atoms with Crippen LogP contribution >= 0.6 is 0 Å². The van der Waals surface area contributed by atoms with Crippen molar-refractivity contribution in [1.82, 2.24) is 10.3 Å². The second kappa shape index (κ2) is 8.18. The summed E-state index contributed by atoms with van der Waals surface area (Å²) in [6.07, 6.45) is 1.62. The Labute approximate surface area is 171 Å². The van der Waals surface area contributed by atoms with Crippen LogP contribution in [0.1, 0.15) is 11.1 Å². The highest BCUT2D eigenvalue weighted by Gasteiger charge is 2.10. The summed E-state index contributed by atoms with van der Waals surface area (Å²) >= 11 is 0. The predicted molar refractivity (Wildman–Crippen MR) is 115 cm³/mol. The zero-order valence-corrected chi connectivity index (χ0v) is 16.0. The van der Waals surface area contributed by atoms with Gasteiger partial charge in [-0.25, -0.2) is 0 Å². The van der Waals surface area contributed by atoms with Crippen LogP contribution in [0.2, 0.25) is 0 Å². The number of aromatic hydroxyl groups is 1. The summed E-state index contributed by atoms with van der Waals surface area (Å²) in [5, 5.41) is 25.3. The zero-order chi connectivity index (χ0) is 21.1. The molecule has 3 aromatic carbocycles. The SMILES string of the molecule is O=c1[nH]cc(-c2ccc(CNCc3ccc([N+](=O)[O-])cc3)cc2)c2c(O)cccc12. The molecule has 0 saturated heterocycles. The van der Waals surface area contributed by atoms with E-state index < -0.39 is 4.92 Å². The van der Waals surface area contributed by atoms with E-state index in [-0.39, 0.29) is 17.0 Å². The number of aromatic nitrogens is 1. The van der Waals surface area contributed by atoms with Gasteiger partial charge in [0.05, 0.1) is 10.3 Å². The molecule has 7 nitrogen and oxygen atoms in total. The van der Waals surface area contributed by atoms with E-state index in [1.807, 2.05) is 24.3 Å². The molecule has 0 unspecified atom stereocenters. The van der Waals surface area contributed by atoms with Gasteiger partial charge in [0.2, 0.25) is 0 Å². The molecular formula is C23H19N3O4. The summed E-state index contributed by atoms with van der Waals surface area (Å²) in [5.74, 6) is 0.0717. The highest BCUT2D eigenvalue weighted by atomic mass is 16.6. The van der Waals surface area contributed by atoms with E-state index in [9.17, 15) is 20.0 Å². The Kier molecular flexibility index (Phi) is 5.28. The molecule has 0 fully saturated rings. The average molecular weight is 401 g/mol. The van der Waals surface area contributed by atoms with Gasteiger partial charge >= 0.3 is 0 Å². The quantitative estimate of drug-likeness (QED) is 0.333. The van der Waals surface area contributed by atoms with Crippen molar-refractivity contribution in [1.29, 1.82) is 0 Å². The molecule has 7 heteroatoms. The number of nitro benzene ring substituents is 1. The monoisotopic (exact) mass is 401 g/mol. The molecule has 4 aromatic rings. The number of phenols is 1. The first-order valence-electron chi connectivity index (χ1n) is 9.39. The highest BCUT2D eigenvalue weighted by molar-refractivity contribution is 5.99. The second-order valence-corrected chi connectivity index (χ2v) is 6.96. The van der Waals surface area contributed by atoms with Crippen LogP contribution in [0.4, 0.5) is 5.69 Å². The Morgan fingerprint density at radius 3 is 2.20 bits per heavy atom. The van der Waals surface area contributed by atoms with Crippen molar-refractivity contribution in [2.75, 3.05) is 0 Å². The van der Waals surface area contributed by atoms with E-state index in [2.05, 4.69) is 10.3 Å². The van der Waals surface area contributed by atoms with E-state index in [4.69, 9.17) is 0 Å². The summed E-state index contributed by atoms with van der Waals surface area (Å²) in [4.78, 5) is 25.1. The first-order chi connectivity index (χ1) is 14.5. The maximum absolute atomic E-state index is 12.0. The second-order valence-electron chi connectivity index (χ2n) is 6.96. The van der Waals surface area contributed by atoms with Gasteiger partial charge in [-0.3, -0.25) is 14.9 Å². The fraction of sp³-hybridized carbons (Fsp3) is 0.0870. The van der Waals surface area contributed by atoms with Crippen molar-refractivity contribution < 1.29 is 10.0 Å². The number of pyridine rings is 1. The maximum Gasteiger partial charge on any atom is 0.269 e. The van der Waals surface area contributed by atoms with Gasteiger partial charge in [0.25, 0.3) is 11.2 Å². The molecule has 0 bridgehead atoms. The minimum absolute atomic E-state index is 0.0717. The molecule has 1 aromatic heterocycles. The van der Waals surface area contributed by atoms with Gasteiger partial charge in [0.1, 0.15) is 5.75 Å². The van der Waals surface area contributed by atoms with Crippen molar-refractivity contribution in [2.45, 2.75) is 13.1 Å². The van der Waals surface area contributed by atoms with Crippen LogP contribution in [-0.2, 0) is 13.1 Å². The number of hydrogen-bond donors (Lipinski definition) is 3. The molecule has 0 amide bonds. The Balaban J connectivity index is 1.47. The number of nitro groups is 1. The predicted octanol–water partition coefficient (Wildman–Crippen LogP) is 4.10. The Bertz CT molecular complexity index is 1260. The number of fused-ring (bicyclic) bond motifs is 1. The van der Waals surface area contributed by atoms with Crippen LogP contribution in [0, 0.1) is 10.1 Å². The number of H-pyrrole nitrogens is 1. The molecule has 0 radical (unpaired) electrons. The van der Waals surface area contributed by atoms with Crippen LogP contribution in [0.15, 0.2) is 77.7 Å². The molecule has 1 heterocycles. The van der Waals surface area contributed by atoms with Crippen LogP contribution < -0.4 is 10.9 Å². The fourth-order valence-electron chi connectivity index (χ4n) is 3.42. The van der Waals surface area contributed by atoms with E-state index in [0.717, 1.165) is 22.3 Å². The van der Waals surface area contributed by atoms with Crippen molar-refractivity contribution in [2.24, 2.45) is 0 Å². The molecule has 0 saturated carbocycles. The van der Waals surface area contributed by atoms with E-state index in [1.54, 1.807) is 36.5 Å². The van der Waals surface area contributed by atoms with Crippen molar-refractivity contribution in [3.63, 3.8) is 0 Å². The molecular weight excluding hydrogens is 382 g/mol. The third-order valence-corrected chi connectivity index (χ3v) is 4.97. The topological polar surface area (TPSA) is 108 Å². The summed E-state index contributed by atoms with van der Waals surface area (Å²) < 4.78 is 0. The van der Waals surface area contributed by atoms with Crippen LogP contribution in [0.3, 0.4) is 0 Å². The van der Waals surface area contributed by atoms with Crippen LogP contribution in [-0.4, -0.2) is 15.0 Å². The Morgan fingerprint density at radius 1 is 0.933 bits per heavy atom. The lowest BCUT2D eigenvalue weighted by molar-refractivity contribution is -0.384. The molecule has 0 atom stereocenters. The number of hydrogen-bond acceptors (Lipinski definition) is 5. The molecule has 0 aliphatic heterocycles. The number of nitrogens with zero attached hydrogens (tertiary/aromatic N) is 1. The van der Waals surface area contributed by atoms with Crippen LogP contribution in [0.5, 0.6) is 5.75 Å². The third kappa shape index (κ3) is 3.92. The van der Waals surface area contributed by atoms with Gasteiger partial charge in [0, 0.05) is 42.4 Å². The van der Waals surface area contributed by atoms with E-state index in [1.165, 1.54) is 12.1 Å². The zero-order valence-electron chi connectivity index (χ0n) is 16.0. The van der Waals surface area contributed by atoms with Gasteiger partial charge in [-0.15, -0.1) is 0 Å². The number of non-ortho nitro benzene ring substituents is 1. The normalized spacial score (nSPS) is 10.9. The van der Waals surface area contributed by atoms with E-state index in [0.29, 0.717) is 23.9 Å². The minimum atomic E-state index is -0.413. The first kappa shape index (κ1) is 19.4. The molecule has 30 heavy (non-hydrogen) atoms. The van der Waals surface area contributed by atoms with Crippen molar-refractivity contribution >= 4 is 16.5 Å². The van der Waals surface area contributed by atoms with Gasteiger partial charge < -0.3 is 15.4 Å². The van der Waals surface area contributed by atoms with Gasteiger partial charge in [-0.05, 0) is 28.8 Å². The summed E-state index contributed by atoms with van der Waals surface area (Å²) in [6, 6.07) is 19.2. The smallest absolute Gasteiger partial charge is 0.269 e. The number of aromatic amines is 1. The summed E-state index contributed by atoms with van der Waals surface area (Å²) in [5.41, 5.74) is 3.52. The van der Waals surface area contributed by atoms with Gasteiger partial charge in [0.15, 0.2) is 0 Å². The van der Waals surface area contributed by atoms with Crippen LogP contribution in [0.25, 0.3) is 21.9 Å². The molecule has 0 aliphatic rings. The van der Waals surface area contributed by atoms with Crippen molar-refractivity contribution in [3.8, 4) is 16.9 Å². The highest BCUT2D eigenvalue weighted by Crippen LogP contribution is 2.32. The summed E-state index contributed by atoms with van der Waals surface area (Å²) in [7, 11) is 0. The molecule has 150 valence electrons. The molecule has 0 aliphatic carbocycles. The number of nitrogens with one attached hydrogen (secondary N) is 2. The lowest BCUT2D eigenvalue weighted by Gasteiger charge is -2.10. The molecule has 4 rings (SSSR count). The van der Waals surface area contributed by atoms with Crippen molar-refractivity contribution in [3.05, 3.63) is 105 Å². The Morgan fingerprint density at radius 2 is 1.57 bits per heavy atom. The summed E-state index contributed by atoms with van der Waals surface area (Å²) in [6.45, 7) is 1.23. The Hall–Kier alpha value is -3.97. The van der Waals surface area contributed by atoms with Gasteiger partial charge in [-0.2, -0.15) is 0 Å². The first-order valence-corrected chi connectivity index (χ1v) is 9.39. The third-order valence-electron chi connectivity index (χ3n) is 4.97. The lowest BCUT2D eigenvalue weighted by atomic mass is 9.99. The van der Waals surface area contributed by atoms with E-state index >= 15 is 0 Å². The number of phenolic OH excluding ortho intramolecular Hbond substituents is 1.